The van der Waals surface area contributed by atoms with Gasteiger partial charge >= 0.3 is 5.69 Å². The molecule has 2 aromatic carbocycles. The lowest BCUT2D eigenvalue weighted by molar-refractivity contribution is -0.116. The largest absolute Gasteiger partial charge is 0.506 e. The number of hydrogen-bond donors (Lipinski definition) is 2. The van der Waals surface area contributed by atoms with Crippen molar-refractivity contribution in [2.75, 3.05) is 5.32 Å². The molecule has 6 nitrogen and oxygen atoms in total. The molecule has 1 aromatic heterocycles. The van der Waals surface area contributed by atoms with Gasteiger partial charge in [0.25, 0.3) is 0 Å². The number of anilines is 1. The van der Waals surface area contributed by atoms with Gasteiger partial charge < -0.3 is 10.4 Å². The quantitative estimate of drug-likeness (QED) is 0.702. The van der Waals surface area contributed by atoms with Gasteiger partial charge in [0.15, 0.2) is 0 Å². The lowest BCUT2D eigenvalue weighted by Crippen LogP contribution is -2.29. The summed E-state index contributed by atoms with van der Waals surface area (Å²) in [4.78, 5) is 25.1. The molecular formula is C19H21N3O3. The Hall–Kier alpha value is -3.02. The van der Waals surface area contributed by atoms with Crippen molar-refractivity contribution < 1.29 is 9.90 Å². The van der Waals surface area contributed by atoms with Crippen LogP contribution in [0.5, 0.6) is 5.75 Å². The van der Waals surface area contributed by atoms with E-state index in [-0.39, 0.29) is 23.9 Å². The number of nitrogens with one attached hydrogen (secondary N) is 1. The van der Waals surface area contributed by atoms with Crippen LogP contribution in [0.2, 0.25) is 0 Å². The van der Waals surface area contributed by atoms with Gasteiger partial charge in [0.2, 0.25) is 5.91 Å². The van der Waals surface area contributed by atoms with Gasteiger partial charge in [-0.1, -0.05) is 25.1 Å². The van der Waals surface area contributed by atoms with Crippen LogP contribution in [0.4, 0.5) is 5.69 Å². The fraction of sp³-hybridized carbons (Fsp3) is 0.263. The number of rotatable bonds is 5. The Morgan fingerprint density at radius 2 is 1.80 bits per heavy atom. The Bertz CT molecular complexity index is 985. The zero-order chi connectivity index (χ0) is 18.0. The summed E-state index contributed by atoms with van der Waals surface area (Å²) in [6.45, 7) is 4.36. The molecule has 0 aliphatic carbocycles. The minimum Gasteiger partial charge on any atom is -0.506 e. The van der Waals surface area contributed by atoms with Crippen LogP contribution in [0.3, 0.4) is 0 Å². The molecule has 0 spiro atoms. The fourth-order valence-electron chi connectivity index (χ4n) is 2.95. The molecule has 2 N–H and O–H groups in total. The van der Waals surface area contributed by atoms with Gasteiger partial charge in [-0.3, -0.25) is 13.9 Å². The van der Waals surface area contributed by atoms with Gasteiger partial charge in [-0.15, -0.1) is 0 Å². The molecule has 0 saturated heterocycles. The van der Waals surface area contributed by atoms with Crippen molar-refractivity contribution in [3.8, 4) is 5.75 Å². The highest BCUT2D eigenvalue weighted by Gasteiger charge is 2.15. The van der Waals surface area contributed by atoms with Crippen LogP contribution in [0.15, 0.2) is 47.3 Å². The first kappa shape index (κ1) is 16.8. The molecule has 0 fully saturated rings. The second-order valence-electron chi connectivity index (χ2n) is 6.08. The maximum Gasteiger partial charge on any atom is 0.329 e. The number of aryl methyl sites for hydroxylation is 2. The Morgan fingerprint density at radius 1 is 1.12 bits per heavy atom. The van der Waals surface area contributed by atoms with Crippen molar-refractivity contribution in [1.29, 1.82) is 0 Å². The van der Waals surface area contributed by atoms with Crippen molar-refractivity contribution >= 4 is 22.6 Å². The van der Waals surface area contributed by atoms with E-state index in [0.29, 0.717) is 12.2 Å². The summed E-state index contributed by atoms with van der Waals surface area (Å²) in [5.41, 5.74) is 2.58. The normalized spacial score (nSPS) is 11.0. The number of aromatic hydroxyl groups is 1. The van der Waals surface area contributed by atoms with Gasteiger partial charge in [-0.2, -0.15) is 0 Å². The lowest BCUT2D eigenvalue weighted by atomic mass is 10.2. The first-order valence-electron chi connectivity index (χ1n) is 8.28. The third-order valence-electron chi connectivity index (χ3n) is 4.10. The Morgan fingerprint density at radius 3 is 2.44 bits per heavy atom. The highest BCUT2D eigenvalue weighted by molar-refractivity contribution is 5.93. The van der Waals surface area contributed by atoms with Crippen LogP contribution in [0.25, 0.3) is 11.0 Å². The minimum atomic E-state index is -0.361. The average molecular weight is 339 g/mol. The zero-order valence-electron chi connectivity index (χ0n) is 14.3. The molecule has 3 aromatic rings. The van der Waals surface area contributed by atoms with Crippen LogP contribution in [-0.4, -0.2) is 20.1 Å². The molecular weight excluding hydrogens is 318 g/mol. The molecule has 0 saturated carbocycles. The number of amides is 1. The Balaban J connectivity index is 1.91. The van der Waals surface area contributed by atoms with Gasteiger partial charge in [0.05, 0.1) is 16.7 Å². The van der Waals surface area contributed by atoms with Crippen molar-refractivity contribution in [3.63, 3.8) is 0 Å². The molecule has 0 aliphatic rings. The summed E-state index contributed by atoms with van der Waals surface area (Å²) in [6, 6.07) is 12.5. The fourth-order valence-corrected chi connectivity index (χ4v) is 2.95. The predicted octanol–water partition coefficient (Wildman–Crippen LogP) is 2.87. The van der Waals surface area contributed by atoms with E-state index in [0.717, 1.165) is 23.0 Å². The minimum absolute atomic E-state index is 0.00843. The number of hydrogen-bond acceptors (Lipinski definition) is 3. The summed E-state index contributed by atoms with van der Waals surface area (Å²) in [6.07, 6.45) is 0.831. The highest BCUT2D eigenvalue weighted by atomic mass is 16.3. The van der Waals surface area contributed by atoms with Crippen LogP contribution in [0, 0.1) is 6.92 Å². The maximum atomic E-state index is 12.7. The van der Waals surface area contributed by atoms with E-state index >= 15 is 0 Å². The van der Waals surface area contributed by atoms with Crippen molar-refractivity contribution in [1.82, 2.24) is 9.13 Å². The monoisotopic (exact) mass is 339 g/mol. The first-order valence-corrected chi connectivity index (χ1v) is 8.28. The summed E-state index contributed by atoms with van der Waals surface area (Å²) in [5, 5.41) is 12.6. The molecule has 6 heteroatoms. The summed E-state index contributed by atoms with van der Waals surface area (Å²) >= 11 is 0. The molecule has 25 heavy (non-hydrogen) atoms. The van der Waals surface area contributed by atoms with E-state index < -0.39 is 0 Å². The predicted molar refractivity (Wildman–Crippen MR) is 98.0 cm³/mol. The molecule has 0 radical (unpaired) electrons. The number of aromatic nitrogens is 2. The number of carbonyl (C=O) groups excluding carboxylic acids is 1. The summed E-state index contributed by atoms with van der Waals surface area (Å²) in [5.74, 6) is -0.352. The third kappa shape index (κ3) is 3.28. The molecule has 0 aliphatic heterocycles. The third-order valence-corrected chi connectivity index (χ3v) is 4.10. The smallest absolute Gasteiger partial charge is 0.329 e. The van der Waals surface area contributed by atoms with Crippen LogP contribution in [0.1, 0.15) is 18.9 Å². The number of benzene rings is 2. The first-order chi connectivity index (χ1) is 12.0. The number of fused-ring (bicyclic) bond motifs is 1. The van der Waals surface area contributed by atoms with Gasteiger partial charge in [-0.05, 0) is 43.2 Å². The zero-order valence-corrected chi connectivity index (χ0v) is 14.3. The van der Waals surface area contributed by atoms with Crippen molar-refractivity contribution in [2.24, 2.45) is 0 Å². The highest BCUT2D eigenvalue weighted by Crippen LogP contribution is 2.24. The summed E-state index contributed by atoms with van der Waals surface area (Å²) in [7, 11) is 0. The molecule has 0 atom stereocenters. The number of phenolic OH excluding ortho intramolecular Hbond substituents is 1. The topological polar surface area (TPSA) is 76.3 Å². The van der Waals surface area contributed by atoms with E-state index in [4.69, 9.17) is 0 Å². The molecule has 0 bridgehead atoms. The molecule has 3 rings (SSSR count). The number of phenols is 1. The molecule has 1 amide bonds. The van der Waals surface area contributed by atoms with E-state index in [9.17, 15) is 14.7 Å². The van der Waals surface area contributed by atoms with Crippen LogP contribution >= 0.6 is 0 Å². The number of imidazole rings is 1. The number of nitrogens with zero attached hydrogens (tertiary/aromatic N) is 2. The van der Waals surface area contributed by atoms with E-state index in [1.807, 2.05) is 38.1 Å². The molecule has 1 heterocycles. The van der Waals surface area contributed by atoms with Crippen molar-refractivity contribution in [3.05, 3.63) is 58.5 Å². The SMILES string of the molecule is CCCn1c(=O)n(CC(=O)Nc2ccc(C)cc2O)c2ccccc21. The molecule has 0 unspecified atom stereocenters. The van der Waals surface area contributed by atoms with E-state index in [1.165, 1.54) is 4.57 Å². The van der Waals surface area contributed by atoms with Crippen molar-refractivity contribution in [2.45, 2.75) is 33.4 Å². The maximum absolute atomic E-state index is 12.7. The lowest BCUT2D eigenvalue weighted by Gasteiger charge is -2.08. The summed E-state index contributed by atoms with van der Waals surface area (Å²) < 4.78 is 3.15. The number of para-hydroxylation sites is 2. The van der Waals surface area contributed by atoms with Gasteiger partial charge in [0, 0.05) is 6.54 Å². The average Bonchev–Trinajstić information content (AvgIpc) is 2.84. The molecule has 130 valence electrons. The van der Waals surface area contributed by atoms with E-state index in [2.05, 4.69) is 5.32 Å². The number of carbonyl (C=O) groups is 1. The van der Waals surface area contributed by atoms with Crippen LogP contribution in [-0.2, 0) is 17.9 Å². The second-order valence-corrected chi connectivity index (χ2v) is 6.08. The second kappa shape index (κ2) is 6.84. The van der Waals surface area contributed by atoms with Crippen LogP contribution < -0.4 is 11.0 Å². The van der Waals surface area contributed by atoms with Gasteiger partial charge in [0.1, 0.15) is 12.3 Å². The Labute approximate surface area is 145 Å². The standard InChI is InChI=1S/C19H21N3O3/c1-3-10-21-15-6-4-5-7-16(15)22(19(21)25)12-18(24)20-14-9-8-13(2)11-17(14)23/h4-9,11,23H,3,10,12H2,1-2H3,(H,20,24). The Kier molecular flexibility index (Phi) is 4.61. The van der Waals surface area contributed by atoms with Gasteiger partial charge in [-0.25, -0.2) is 4.79 Å². The van der Waals surface area contributed by atoms with E-state index in [1.54, 1.807) is 22.8 Å².